The van der Waals surface area contributed by atoms with E-state index < -0.39 is 0 Å². The molecule has 1 aliphatic heterocycles. The van der Waals surface area contributed by atoms with Gasteiger partial charge in [-0.15, -0.1) is 0 Å². The number of methoxy groups -OCH3 is 1. The topological polar surface area (TPSA) is 70.7 Å². The highest BCUT2D eigenvalue weighted by Crippen LogP contribution is 2.31. The van der Waals surface area contributed by atoms with Crippen molar-refractivity contribution in [1.29, 1.82) is 0 Å². The predicted molar refractivity (Wildman–Crippen MR) is 112 cm³/mol. The number of anilines is 3. The number of fused-ring (bicyclic) bond motifs is 1. The molecule has 148 valence electrons. The van der Waals surface area contributed by atoms with E-state index in [1.54, 1.807) is 19.2 Å². The summed E-state index contributed by atoms with van der Waals surface area (Å²) >= 11 is 0. The maximum absolute atomic E-state index is 12.3. The van der Waals surface area contributed by atoms with Crippen LogP contribution in [0.3, 0.4) is 0 Å². The molecule has 3 rings (SSSR count). The van der Waals surface area contributed by atoms with E-state index in [0.717, 1.165) is 24.2 Å². The van der Waals surface area contributed by atoms with Crippen molar-refractivity contribution in [2.45, 2.75) is 33.1 Å². The van der Waals surface area contributed by atoms with Crippen LogP contribution in [0.5, 0.6) is 5.75 Å². The van der Waals surface area contributed by atoms with Crippen LogP contribution in [0, 0.1) is 5.92 Å². The molecule has 0 aliphatic carbocycles. The zero-order valence-corrected chi connectivity index (χ0v) is 16.6. The molecule has 3 amide bonds. The smallest absolute Gasteiger partial charge is 0.323 e. The lowest BCUT2D eigenvalue weighted by Gasteiger charge is -2.30. The quantitative estimate of drug-likeness (QED) is 0.764. The van der Waals surface area contributed by atoms with Gasteiger partial charge in [-0.05, 0) is 54.7 Å². The molecule has 0 bridgehead atoms. The maximum Gasteiger partial charge on any atom is 0.323 e. The minimum Gasteiger partial charge on any atom is -0.497 e. The Balaban J connectivity index is 1.69. The Morgan fingerprint density at radius 3 is 2.57 bits per heavy atom. The van der Waals surface area contributed by atoms with Crippen LogP contribution in [0.1, 0.15) is 32.3 Å². The summed E-state index contributed by atoms with van der Waals surface area (Å²) in [5.74, 6) is 1.39. The fraction of sp³-hybridized carbons (Fsp3) is 0.364. The Bertz CT molecular complexity index is 864. The molecule has 0 saturated heterocycles. The zero-order chi connectivity index (χ0) is 20.1. The van der Waals surface area contributed by atoms with Crippen molar-refractivity contribution in [3.63, 3.8) is 0 Å². The fourth-order valence-electron chi connectivity index (χ4n) is 3.26. The van der Waals surface area contributed by atoms with Gasteiger partial charge in [-0.2, -0.15) is 0 Å². The first-order valence-electron chi connectivity index (χ1n) is 9.61. The molecule has 1 heterocycles. The fourth-order valence-corrected chi connectivity index (χ4v) is 3.26. The number of nitrogens with zero attached hydrogens (tertiary/aromatic N) is 1. The van der Waals surface area contributed by atoms with Gasteiger partial charge in [-0.25, -0.2) is 4.79 Å². The Morgan fingerprint density at radius 2 is 1.86 bits per heavy atom. The highest BCUT2D eigenvalue weighted by Gasteiger charge is 2.24. The first-order chi connectivity index (χ1) is 13.5. The van der Waals surface area contributed by atoms with Crippen LogP contribution in [0.2, 0.25) is 0 Å². The summed E-state index contributed by atoms with van der Waals surface area (Å²) < 4.78 is 5.17. The van der Waals surface area contributed by atoms with Gasteiger partial charge in [0.25, 0.3) is 0 Å². The average Bonchev–Trinajstić information content (AvgIpc) is 2.67. The van der Waals surface area contributed by atoms with E-state index in [0.29, 0.717) is 35.9 Å². The largest absolute Gasteiger partial charge is 0.497 e. The van der Waals surface area contributed by atoms with Gasteiger partial charge in [0.1, 0.15) is 5.75 Å². The molecule has 2 aromatic carbocycles. The number of amides is 3. The number of benzene rings is 2. The third-order valence-electron chi connectivity index (χ3n) is 4.80. The number of carbonyl (C=O) groups excluding carboxylic acids is 2. The number of urea groups is 1. The van der Waals surface area contributed by atoms with Gasteiger partial charge < -0.3 is 20.3 Å². The van der Waals surface area contributed by atoms with Gasteiger partial charge >= 0.3 is 6.03 Å². The molecule has 1 aliphatic rings. The molecule has 0 aromatic heterocycles. The van der Waals surface area contributed by atoms with Crippen LogP contribution in [0.25, 0.3) is 0 Å². The first-order valence-corrected chi connectivity index (χ1v) is 9.61. The van der Waals surface area contributed by atoms with Gasteiger partial charge in [0.05, 0.1) is 7.11 Å². The molecular weight excluding hydrogens is 354 g/mol. The van der Waals surface area contributed by atoms with Crippen LogP contribution in [-0.2, 0) is 11.2 Å². The van der Waals surface area contributed by atoms with Gasteiger partial charge in [-0.1, -0.05) is 19.9 Å². The van der Waals surface area contributed by atoms with E-state index in [9.17, 15) is 9.59 Å². The molecule has 0 radical (unpaired) electrons. The molecular formula is C22H27N3O3. The van der Waals surface area contributed by atoms with E-state index in [4.69, 9.17) is 4.74 Å². The van der Waals surface area contributed by atoms with Crippen molar-refractivity contribution >= 4 is 29.0 Å². The van der Waals surface area contributed by atoms with E-state index in [2.05, 4.69) is 24.5 Å². The van der Waals surface area contributed by atoms with Crippen molar-refractivity contribution in [2.24, 2.45) is 5.92 Å². The van der Waals surface area contributed by atoms with Gasteiger partial charge in [0, 0.05) is 36.1 Å². The van der Waals surface area contributed by atoms with E-state index in [1.165, 1.54) is 0 Å². The number of ether oxygens (including phenoxy) is 1. The number of rotatable bonds is 6. The summed E-state index contributed by atoms with van der Waals surface area (Å²) in [5.41, 5.74) is 3.40. The molecule has 0 fully saturated rings. The normalized spacial score (nSPS) is 13.3. The third-order valence-corrected chi connectivity index (χ3v) is 4.80. The Hall–Kier alpha value is -3.02. The summed E-state index contributed by atoms with van der Waals surface area (Å²) in [6.07, 6.45) is 2.16. The van der Waals surface area contributed by atoms with Gasteiger partial charge in [0.2, 0.25) is 5.91 Å². The number of hydrogen-bond acceptors (Lipinski definition) is 3. The Morgan fingerprint density at radius 1 is 1.11 bits per heavy atom. The van der Waals surface area contributed by atoms with Crippen LogP contribution in [0.15, 0.2) is 42.5 Å². The molecule has 0 spiro atoms. The van der Waals surface area contributed by atoms with Crippen molar-refractivity contribution < 1.29 is 14.3 Å². The SMILES string of the molecule is COc1cccc(NC(=O)Nc2ccc3c(c2)CCC(=O)N3CCC(C)C)c1. The number of carbonyl (C=O) groups is 2. The molecule has 2 N–H and O–H groups in total. The standard InChI is InChI=1S/C22H27N3O3/c1-15(2)11-12-25-20-9-8-18(13-16(20)7-10-21(25)26)24-22(27)23-17-5-4-6-19(14-17)28-3/h4-6,8-9,13-15H,7,10-12H2,1-3H3,(H2,23,24,27). The second kappa shape index (κ2) is 8.78. The van der Waals surface area contributed by atoms with Crippen LogP contribution < -0.4 is 20.3 Å². The van der Waals surface area contributed by atoms with E-state index in [1.807, 2.05) is 35.2 Å². The number of hydrogen-bond donors (Lipinski definition) is 2. The maximum atomic E-state index is 12.3. The summed E-state index contributed by atoms with van der Waals surface area (Å²) in [7, 11) is 1.58. The molecule has 6 nitrogen and oxygen atoms in total. The van der Waals surface area contributed by atoms with Crippen molar-refractivity contribution in [1.82, 2.24) is 0 Å². The predicted octanol–water partition coefficient (Wildman–Crippen LogP) is 4.66. The Kier molecular flexibility index (Phi) is 6.19. The Labute approximate surface area is 165 Å². The van der Waals surface area contributed by atoms with Crippen molar-refractivity contribution in [2.75, 3.05) is 29.2 Å². The molecule has 0 saturated carbocycles. The van der Waals surface area contributed by atoms with Crippen LogP contribution >= 0.6 is 0 Å². The van der Waals surface area contributed by atoms with Crippen LogP contribution in [-0.4, -0.2) is 25.6 Å². The monoisotopic (exact) mass is 381 g/mol. The van der Waals surface area contributed by atoms with Crippen molar-refractivity contribution in [3.8, 4) is 5.75 Å². The van der Waals surface area contributed by atoms with Crippen LogP contribution in [0.4, 0.5) is 21.9 Å². The highest BCUT2D eigenvalue weighted by atomic mass is 16.5. The van der Waals surface area contributed by atoms with E-state index in [-0.39, 0.29) is 11.9 Å². The zero-order valence-electron chi connectivity index (χ0n) is 16.6. The molecule has 0 unspecified atom stereocenters. The van der Waals surface area contributed by atoms with Crippen molar-refractivity contribution in [3.05, 3.63) is 48.0 Å². The summed E-state index contributed by atoms with van der Waals surface area (Å²) in [6.45, 7) is 5.04. The molecule has 28 heavy (non-hydrogen) atoms. The highest BCUT2D eigenvalue weighted by molar-refractivity contribution is 6.01. The lowest BCUT2D eigenvalue weighted by atomic mass is 9.99. The minimum atomic E-state index is -0.322. The first kappa shape index (κ1) is 19.7. The average molecular weight is 381 g/mol. The second-order valence-corrected chi connectivity index (χ2v) is 7.38. The second-order valence-electron chi connectivity index (χ2n) is 7.38. The molecule has 0 atom stereocenters. The number of aryl methyl sites for hydroxylation is 1. The summed E-state index contributed by atoms with van der Waals surface area (Å²) in [5, 5.41) is 5.66. The minimum absolute atomic E-state index is 0.171. The molecule has 2 aromatic rings. The van der Waals surface area contributed by atoms with Gasteiger partial charge in [-0.3, -0.25) is 4.79 Å². The third kappa shape index (κ3) is 4.82. The van der Waals surface area contributed by atoms with E-state index >= 15 is 0 Å². The van der Waals surface area contributed by atoms with Gasteiger partial charge in [0.15, 0.2) is 0 Å². The molecule has 6 heteroatoms. The number of nitrogens with one attached hydrogen (secondary N) is 2. The summed E-state index contributed by atoms with van der Waals surface area (Å²) in [6, 6.07) is 12.6. The lowest BCUT2D eigenvalue weighted by molar-refractivity contribution is -0.118. The lowest BCUT2D eigenvalue weighted by Crippen LogP contribution is -2.36. The summed E-state index contributed by atoms with van der Waals surface area (Å²) in [4.78, 5) is 26.5.